The van der Waals surface area contributed by atoms with Crippen LogP contribution >= 0.6 is 23.2 Å². The van der Waals surface area contributed by atoms with Gasteiger partial charge in [-0.25, -0.2) is 4.98 Å². The van der Waals surface area contributed by atoms with E-state index in [1.807, 2.05) is 0 Å². The van der Waals surface area contributed by atoms with E-state index >= 15 is 0 Å². The molecule has 0 saturated carbocycles. The molecule has 4 N–H and O–H groups in total. The molecule has 1 atom stereocenters. The van der Waals surface area contributed by atoms with Gasteiger partial charge in [0.2, 0.25) is 0 Å². The molecule has 1 amide bonds. The van der Waals surface area contributed by atoms with Gasteiger partial charge < -0.3 is 16.2 Å². The fourth-order valence-electron chi connectivity index (χ4n) is 1.02. The van der Waals surface area contributed by atoms with E-state index in [2.05, 4.69) is 10.3 Å². The van der Waals surface area contributed by atoms with E-state index < -0.39 is 12.0 Å². The van der Waals surface area contributed by atoms with Gasteiger partial charge in [0.05, 0.1) is 17.4 Å². The largest absolute Gasteiger partial charge is 0.396 e. The van der Waals surface area contributed by atoms with Gasteiger partial charge >= 0.3 is 0 Å². The van der Waals surface area contributed by atoms with Gasteiger partial charge in [-0.1, -0.05) is 23.2 Å². The van der Waals surface area contributed by atoms with Crippen LogP contribution in [0.25, 0.3) is 0 Å². The normalized spacial score (nSPS) is 12.2. The van der Waals surface area contributed by atoms with Crippen LogP contribution in [0.1, 0.15) is 17.3 Å². The Morgan fingerprint density at radius 1 is 1.69 bits per heavy atom. The molecule has 7 heteroatoms. The summed E-state index contributed by atoms with van der Waals surface area (Å²) in [5, 5.41) is 11.6. The number of halogens is 2. The number of rotatable bonds is 3. The topological polar surface area (TPSA) is 88.2 Å². The third-order valence-corrected chi connectivity index (χ3v) is 2.27. The first kappa shape index (κ1) is 13.0. The van der Waals surface area contributed by atoms with Gasteiger partial charge in [-0.2, -0.15) is 0 Å². The van der Waals surface area contributed by atoms with Gasteiger partial charge in [-0.15, -0.1) is 0 Å². The third kappa shape index (κ3) is 3.23. The predicted octanol–water partition coefficient (Wildman–Crippen LogP) is 1.08. The Labute approximate surface area is 103 Å². The molecular weight excluding hydrogens is 253 g/mol. The molecule has 0 aliphatic carbocycles. The second-order valence-corrected chi connectivity index (χ2v) is 4.00. The first-order valence-electron chi connectivity index (χ1n) is 4.49. The SMILES string of the molecule is CC(O)CNC(=O)c1cc(Cl)nc(Cl)c1N. The van der Waals surface area contributed by atoms with E-state index in [0.29, 0.717) is 0 Å². The zero-order chi connectivity index (χ0) is 12.3. The lowest BCUT2D eigenvalue weighted by atomic mass is 10.2. The molecule has 0 spiro atoms. The number of nitrogen functional groups attached to an aromatic ring is 1. The van der Waals surface area contributed by atoms with Crippen molar-refractivity contribution in [1.82, 2.24) is 10.3 Å². The number of nitrogens with zero attached hydrogens (tertiary/aromatic N) is 1. The van der Waals surface area contributed by atoms with Crippen LogP contribution in [0.5, 0.6) is 0 Å². The Morgan fingerprint density at radius 3 is 2.88 bits per heavy atom. The summed E-state index contributed by atoms with van der Waals surface area (Å²) < 4.78 is 0. The second-order valence-electron chi connectivity index (χ2n) is 3.26. The molecule has 1 aromatic rings. The van der Waals surface area contributed by atoms with Crippen LogP contribution in [0.15, 0.2) is 6.07 Å². The van der Waals surface area contributed by atoms with Gasteiger partial charge in [-0.05, 0) is 13.0 Å². The highest BCUT2D eigenvalue weighted by atomic mass is 35.5. The average molecular weight is 264 g/mol. The number of hydrogen-bond acceptors (Lipinski definition) is 4. The molecule has 0 bridgehead atoms. The molecule has 0 saturated heterocycles. The van der Waals surface area contributed by atoms with Gasteiger partial charge in [0.25, 0.3) is 5.91 Å². The number of anilines is 1. The zero-order valence-electron chi connectivity index (χ0n) is 8.50. The van der Waals surface area contributed by atoms with E-state index in [1.165, 1.54) is 6.07 Å². The minimum Gasteiger partial charge on any atom is -0.396 e. The molecular formula is C9H11Cl2N3O2. The van der Waals surface area contributed by atoms with Crippen molar-refractivity contribution >= 4 is 34.8 Å². The summed E-state index contributed by atoms with van der Waals surface area (Å²) in [5.41, 5.74) is 5.79. The Hall–Kier alpha value is -1.04. The van der Waals surface area contributed by atoms with Crippen molar-refractivity contribution < 1.29 is 9.90 Å². The van der Waals surface area contributed by atoms with Crippen LogP contribution in [0, 0.1) is 0 Å². The van der Waals surface area contributed by atoms with Crippen LogP contribution in [0.3, 0.4) is 0 Å². The summed E-state index contributed by atoms with van der Waals surface area (Å²) in [6.07, 6.45) is -0.641. The van der Waals surface area contributed by atoms with Crippen LogP contribution < -0.4 is 11.1 Å². The number of pyridine rings is 1. The number of carbonyl (C=O) groups excluding carboxylic acids is 1. The molecule has 0 fully saturated rings. The lowest BCUT2D eigenvalue weighted by Crippen LogP contribution is -2.31. The minimum atomic E-state index is -0.641. The van der Waals surface area contributed by atoms with E-state index in [-0.39, 0.29) is 28.1 Å². The standard InChI is InChI=1S/C9H11Cl2N3O2/c1-4(15)3-13-9(16)5-2-6(10)14-8(11)7(5)12/h2,4,15H,3,12H2,1H3,(H,13,16). The summed E-state index contributed by atoms with van der Waals surface area (Å²) in [6, 6.07) is 1.32. The summed E-state index contributed by atoms with van der Waals surface area (Å²) in [6.45, 7) is 1.67. The predicted molar refractivity (Wildman–Crippen MR) is 62.7 cm³/mol. The number of aliphatic hydroxyl groups is 1. The summed E-state index contributed by atoms with van der Waals surface area (Å²) in [5.74, 6) is -0.454. The lowest BCUT2D eigenvalue weighted by Gasteiger charge is -2.09. The van der Waals surface area contributed by atoms with Crippen molar-refractivity contribution in [2.24, 2.45) is 0 Å². The quantitative estimate of drug-likeness (QED) is 0.713. The van der Waals surface area contributed by atoms with Crippen LogP contribution in [0.4, 0.5) is 5.69 Å². The summed E-state index contributed by atoms with van der Waals surface area (Å²) >= 11 is 11.3. The van der Waals surface area contributed by atoms with E-state index in [9.17, 15) is 4.79 Å². The van der Waals surface area contributed by atoms with Gasteiger partial charge in [0.1, 0.15) is 5.15 Å². The number of aliphatic hydroxyl groups excluding tert-OH is 1. The Balaban J connectivity index is 2.91. The van der Waals surface area contributed by atoms with Crippen molar-refractivity contribution in [3.63, 3.8) is 0 Å². The Kier molecular flexibility index (Phi) is 4.35. The molecule has 1 rings (SSSR count). The summed E-state index contributed by atoms with van der Waals surface area (Å²) in [7, 11) is 0. The Bertz CT molecular complexity index is 410. The fraction of sp³-hybridized carbons (Fsp3) is 0.333. The van der Waals surface area contributed by atoms with Crippen molar-refractivity contribution in [2.45, 2.75) is 13.0 Å². The lowest BCUT2D eigenvalue weighted by molar-refractivity contribution is 0.0925. The number of aromatic nitrogens is 1. The zero-order valence-corrected chi connectivity index (χ0v) is 10.0. The second kappa shape index (κ2) is 5.34. The first-order chi connectivity index (χ1) is 7.41. The van der Waals surface area contributed by atoms with Gasteiger partial charge in [-0.3, -0.25) is 4.79 Å². The first-order valence-corrected chi connectivity index (χ1v) is 5.25. The molecule has 0 radical (unpaired) electrons. The maximum absolute atomic E-state index is 11.6. The van der Waals surface area contributed by atoms with E-state index in [1.54, 1.807) is 6.92 Å². The molecule has 1 aromatic heterocycles. The van der Waals surface area contributed by atoms with Gasteiger partial charge in [0.15, 0.2) is 5.15 Å². The maximum Gasteiger partial charge on any atom is 0.253 e. The van der Waals surface area contributed by atoms with Crippen LogP contribution in [-0.4, -0.2) is 28.6 Å². The molecule has 0 aromatic carbocycles. The van der Waals surface area contributed by atoms with E-state index in [4.69, 9.17) is 34.0 Å². The highest BCUT2D eigenvalue weighted by Crippen LogP contribution is 2.23. The molecule has 1 unspecified atom stereocenters. The molecule has 1 heterocycles. The monoisotopic (exact) mass is 263 g/mol. The van der Waals surface area contributed by atoms with Crippen LogP contribution in [0.2, 0.25) is 10.3 Å². The highest BCUT2D eigenvalue weighted by molar-refractivity contribution is 6.35. The average Bonchev–Trinajstić information content (AvgIpc) is 2.19. The third-order valence-electron chi connectivity index (χ3n) is 1.78. The van der Waals surface area contributed by atoms with Crippen molar-refractivity contribution in [3.05, 3.63) is 21.9 Å². The number of hydrogen-bond donors (Lipinski definition) is 3. The number of amides is 1. The molecule has 0 aliphatic heterocycles. The fourth-order valence-corrected chi connectivity index (χ4v) is 1.45. The number of nitrogens with two attached hydrogens (primary N) is 1. The summed E-state index contributed by atoms with van der Waals surface area (Å²) in [4.78, 5) is 15.3. The number of nitrogens with one attached hydrogen (secondary N) is 1. The minimum absolute atomic E-state index is 0.0188. The number of carbonyl (C=O) groups is 1. The van der Waals surface area contributed by atoms with Gasteiger partial charge in [0, 0.05) is 6.54 Å². The van der Waals surface area contributed by atoms with Crippen molar-refractivity contribution in [2.75, 3.05) is 12.3 Å². The molecule has 16 heavy (non-hydrogen) atoms. The Morgan fingerprint density at radius 2 is 2.31 bits per heavy atom. The molecule has 0 aliphatic rings. The van der Waals surface area contributed by atoms with Crippen molar-refractivity contribution in [3.8, 4) is 0 Å². The molecule has 5 nitrogen and oxygen atoms in total. The highest BCUT2D eigenvalue weighted by Gasteiger charge is 2.14. The van der Waals surface area contributed by atoms with Crippen LogP contribution in [-0.2, 0) is 0 Å². The van der Waals surface area contributed by atoms with E-state index in [0.717, 1.165) is 0 Å². The maximum atomic E-state index is 11.6. The smallest absolute Gasteiger partial charge is 0.253 e. The molecule has 88 valence electrons. The van der Waals surface area contributed by atoms with Crippen molar-refractivity contribution in [1.29, 1.82) is 0 Å².